The van der Waals surface area contributed by atoms with E-state index in [1.54, 1.807) is 12.4 Å². The van der Waals surface area contributed by atoms with Crippen LogP contribution in [0.5, 0.6) is 0 Å². The molecule has 2 aromatic heterocycles. The normalized spacial score (nSPS) is 23.4. The van der Waals surface area contributed by atoms with Crippen LogP contribution in [0.15, 0.2) is 29.7 Å². The lowest BCUT2D eigenvalue weighted by atomic mass is 9.78. The minimum Gasteiger partial charge on any atom is -0.352 e. The third-order valence-electron chi connectivity index (χ3n) is 5.16. The minimum absolute atomic E-state index is 0.0735. The number of thioether (sulfide) groups is 1. The first-order valence-electron chi connectivity index (χ1n) is 8.78. The number of hydrogen-bond acceptors (Lipinski definition) is 5. The number of nitrogens with one attached hydrogen (secondary N) is 1. The fourth-order valence-corrected chi connectivity index (χ4v) is 4.08. The molecule has 25 heavy (non-hydrogen) atoms. The zero-order valence-electron chi connectivity index (χ0n) is 15.0. The molecule has 0 aliphatic heterocycles. The van der Waals surface area contributed by atoms with Crippen LogP contribution in [0.25, 0.3) is 11.4 Å². The molecule has 134 valence electrons. The van der Waals surface area contributed by atoms with Gasteiger partial charge in [-0.2, -0.15) is 0 Å². The van der Waals surface area contributed by atoms with Crippen LogP contribution >= 0.6 is 11.8 Å². The van der Waals surface area contributed by atoms with Crippen molar-refractivity contribution in [2.24, 2.45) is 18.9 Å². The van der Waals surface area contributed by atoms with E-state index in [4.69, 9.17) is 0 Å². The molecule has 1 saturated carbocycles. The van der Waals surface area contributed by atoms with Crippen LogP contribution < -0.4 is 5.32 Å². The maximum Gasteiger partial charge on any atom is 0.230 e. The summed E-state index contributed by atoms with van der Waals surface area (Å²) in [6, 6.07) is 4.09. The molecule has 1 fully saturated rings. The van der Waals surface area contributed by atoms with Crippen molar-refractivity contribution < 1.29 is 4.79 Å². The average molecular weight is 359 g/mol. The fraction of sp³-hybridized carbons (Fsp3) is 0.556. The van der Waals surface area contributed by atoms with Gasteiger partial charge in [0, 0.05) is 31.0 Å². The summed E-state index contributed by atoms with van der Waals surface area (Å²) in [6.45, 7) is 4.52. The molecule has 1 amide bonds. The lowest BCUT2D eigenvalue weighted by Gasteiger charge is -2.34. The van der Waals surface area contributed by atoms with Crippen LogP contribution in [0.1, 0.15) is 33.1 Å². The van der Waals surface area contributed by atoms with E-state index in [-0.39, 0.29) is 5.91 Å². The standard InChI is InChI=1S/C18H25N5OS/c1-12-5-4-6-15(13(12)2)20-16(24)11-25-18-22-21-17(23(18)3)14-7-9-19-10-8-14/h7-10,12-13,15H,4-6,11H2,1-3H3,(H,20,24)/t12-,13+,15+/m0/s1. The van der Waals surface area contributed by atoms with Gasteiger partial charge in [-0.3, -0.25) is 9.78 Å². The van der Waals surface area contributed by atoms with Gasteiger partial charge >= 0.3 is 0 Å². The van der Waals surface area contributed by atoms with Gasteiger partial charge in [0.2, 0.25) is 5.91 Å². The molecule has 6 nitrogen and oxygen atoms in total. The van der Waals surface area contributed by atoms with E-state index >= 15 is 0 Å². The summed E-state index contributed by atoms with van der Waals surface area (Å²) in [5.41, 5.74) is 0.964. The van der Waals surface area contributed by atoms with E-state index in [0.29, 0.717) is 23.6 Å². The Labute approximate surface area is 152 Å². The van der Waals surface area contributed by atoms with Crippen molar-refractivity contribution in [3.8, 4) is 11.4 Å². The first kappa shape index (κ1) is 17.9. The average Bonchev–Trinajstić information content (AvgIpc) is 2.99. The second-order valence-corrected chi connectivity index (χ2v) is 7.77. The number of hydrogen-bond donors (Lipinski definition) is 1. The molecule has 0 radical (unpaired) electrons. The maximum absolute atomic E-state index is 12.3. The van der Waals surface area contributed by atoms with Crippen LogP contribution in [0.2, 0.25) is 0 Å². The first-order chi connectivity index (χ1) is 12.1. The lowest BCUT2D eigenvalue weighted by molar-refractivity contribution is -0.120. The highest BCUT2D eigenvalue weighted by atomic mass is 32.2. The highest BCUT2D eigenvalue weighted by Gasteiger charge is 2.28. The SMILES string of the molecule is C[C@@H]1[C@@H](C)CCC[C@H]1NC(=O)CSc1nnc(-c2ccncc2)n1C. The third-order valence-corrected chi connectivity index (χ3v) is 6.18. The van der Waals surface area contributed by atoms with Crippen LogP contribution in [0.3, 0.4) is 0 Å². The van der Waals surface area contributed by atoms with E-state index in [9.17, 15) is 4.79 Å². The number of nitrogens with zero attached hydrogens (tertiary/aromatic N) is 4. The Morgan fingerprint density at radius 2 is 2.04 bits per heavy atom. The largest absolute Gasteiger partial charge is 0.352 e. The van der Waals surface area contributed by atoms with Crippen LogP contribution in [-0.2, 0) is 11.8 Å². The molecule has 0 aromatic carbocycles. The van der Waals surface area contributed by atoms with Gasteiger partial charge in [0.25, 0.3) is 0 Å². The predicted molar refractivity (Wildman–Crippen MR) is 99.1 cm³/mol. The van der Waals surface area contributed by atoms with Gasteiger partial charge in [0.15, 0.2) is 11.0 Å². The molecule has 0 spiro atoms. The molecule has 0 bridgehead atoms. The van der Waals surface area contributed by atoms with Gasteiger partial charge < -0.3 is 9.88 Å². The molecule has 1 aliphatic carbocycles. The molecule has 7 heteroatoms. The first-order valence-corrected chi connectivity index (χ1v) is 9.76. The van der Waals surface area contributed by atoms with E-state index in [0.717, 1.165) is 23.0 Å². The summed E-state index contributed by atoms with van der Waals surface area (Å²) in [6.07, 6.45) is 7.01. The summed E-state index contributed by atoms with van der Waals surface area (Å²) in [7, 11) is 1.92. The number of aromatic nitrogens is 4. The van der Waals surface area contributed by atoms with E-state index in [1.807, 2.05) is 23.7 Å². The molecule has 2 aromatic rings. The number of rotatable bonds is 5. The van der Waals surface area contributed by atoms with E-state index in [1.165, 1.54) is 24.6 Å². The second kappa shape index (κ2) is 7.99. The second-order valence-electron chi connectivity index (χ2n) is 6.83. The minimum atomic E-state index is 0.0735. The van der Waals surface area contributed by atoms with Gasteiger partial charge in [0.05, 0.1) is 5.75 Å². The van der Waals surface area contributed by atoms with Gasteiger partial charge in [-0.15, -0.1) is 10.2 Å². The predicted octanol–water partition coefficient (Wildman–Crippen LogP) is 2.91. The molecular weight excluding hydrogens is 334 g/mol. The molecule has 2 heterocycles. The Bertz CT molecular complexity index is 718. The van der Waals surface area contributed by atoms with Crippen molar-refractivity contribution in [1.82, 2.24) is 25.1 Å². The monoisotopic (exact) mass is 359 g/mol. The molecule has 3 atom stereocenters. The number of carbonyl (C=O) groups is 1. The molecule has 0 saturated heterocycles. The maximum atomic E-state index is 12.3. The van der Waals surface area contributed by atoms with Crippen molar-refractivity contribution in [1.29, 1.82) is 0 Å². The smallest absolute Gasteiger partial charge is 0.230 e. The highest BCUT2D eigenvalue weighted by Crippen LogP contribution is 2.29. The van der Waals surface area contributed by atoms with Gasteiger partial charge in [-0.25, -0.2) is 0 Å². The van der Waals surface area contributed by atoms with Crippen LogP contribution in [0, 0.1) is 11.8 Å². The number of amides is 1. The van der Waals surface area contributed by atoms with Gasteiger partial charge in [-0.05, 0) is 30.4 Å². The van der Waals surface area contributed by atoms with Crippen molar-refractivity contribution in [2.45, 2.75) is 44.3 Å². The van der Waals surface area contributed by atoms with Crippen LogP contribution in [-0.4, -0.2) is 37.5 Å². The van der Waals surface area contributed by atoms with Crippen molar-refractivity contribution in [2.75, 3.05) is 5.75 Å². The lowest BCUT2D eigenvalue weighted by Crippen LogP contribution is -2.44. The Kier molecular flexibility index (Phi) is 5.73. The zero-order chi connectivity index (χ0) is 17.8. The van der Waals surface area contributed by atoms with Crippen molar-refractivity contribution >= 4 is 17.7 Å². The van der Waals surface area contributed by atoms with Crippen molar-refractivity contribution in [3.05, 3.63) is 24.5 Å². The summed E-state index contributed by atoms with van der Waals surface area (Å²) in [5, 5.41) is 12.4. The molecule has 3 rings (SSSR count). The Balaban J connectivity index is 1.57. The van der Waals surface area contributed by atoms with Crippen LogP contribution in [0.4, 0.5) is 0 Å². The van der Waals surface area contributed by atoms with Crippen molar-refractivity contribution in [3.63, 3.8) is 0 Å². The highest BCUT2D eigenvalue weighted by molar-refractivity contribution is 7.99. The molecule has 0 unspecified atom stereocenters. The quantitative estimate of drug-likeness (QED) is 0.831. The Morgan fingerprint density at radius 1 is 1.28 bits per heavy atom. The Morgan fingerprint density at radius 3 is 2.80 bits per heavy atom. The summed E-state index contributed by atoms with van der Waals surface area (Å²) in [5.74, 6) is 2.42. The topological polar surface area (TPSA) is 72.7 Å². The van der Waals surface area contributed by atoms with E-state index < -0.39 is 0 Å². The van der Waals surface area contributed by atoms with Gasteiger partial charge in [0.1, 0.15) is 0 Å². The van der Waals surface area contributed by atoms with E-state index in [2.05, 4.69) is 34.3 Å². The van der Waals surface area contributed by atoms with Gasteiger partial charge in [-0.1, -0.05) is 38.5 Å². The zero-order valence-corrected chi connectivity index (χ0v) is 15.8. The molecule has 1 aliphatic rings. The number of carbonyl (C=O) groups excluding carboxylic acids is 1. The summed E-state index contributed by atoms with van der Waals surface area (Å²) < 4.78 is 1.92. The molecule has 1 N–H and O–H groups in total. The number of pyridine rings is 1. The summed E-state index contributed by atoms with van der Waals surface area (Å²) >= 11 is 1.42. The summed E-state index contributed by atoms with van der Waals surface area (Å²) in [4.78, 5) is 16.3. The fourth-order valence-electron chi connectivity index (χ4n) is 3.36. The Hall–Kier alpha value is -1.89. The molecular formula is C18H25N5OS. The third kappa shape index (κ3) is 4.21.